The van der Waals surface area contributed by atoms with E-state index in [0.29, 0.717) is 6.42 Å². The van der Waals surface area contributed by atoms with Crippen molar-refractivity contribution in [3.05, 3.63) is 24.3 Å². The fourth-order valence-corrected chi connectivity index (χ4v) is 3.15. The number of phenols is 1. The Hall–Kier alpha value is -1.07. The van der Waals surface area contributed by atoms with E-state index in [1.165, 1.54) is 12.1 Å². The van der Waals surface area contributed by atoms with Gasteiger partial charge in [0.1, 0.15) is 10.6 Å². The van der Waals surface area contributed by atoms with Gasteiger partial charge < -0.3 is 10.8 Å². The van der Waals surface area contributed by atoms with E-state index < -0.39 is 9.84 Å². The van der Waals surface area contributed by atoms with Crippen LogP contribution in [0.5, 0.6) is 5.75 Å². The summed E-state index contributed by atoms with van der Waals surface area (Å²) in [6.45, 7) is 0. The number of para-hydroxylation sites is 1. The maximum absolute atomic E-state index is 11.9. The Morgan fingerprint density at radius 2 is 1.94 bits per heavy atom. The van der Waals surface area contributed by atoms with Crippen molar-refractivity contribution in [1.29, 1.82) is 0 Å². The minimum atomic E-state index is -3.41. The Bertz CT molecular complexity index is 492. The van der Waals surface area contributed by atoms with Crippen LogP contribution in [-0.4, -0.2) is 24.8 Å². The Balaban J connectivity index is 2.16. The minimum Gasteiger partial charge on any atom is -0.507 e. The first-order valence-electron chi connectivity index (χ1n) is 5.23. The normalized spacial score (nSPS) is 18.3. The van der Waals surface area contributed by atoms with E-state index in [-0.39, 0.29) is 21.9 Å². The summed E-state index contributed by atoms with van der Waals surface area (Å²) >= 11 is 0. The topological polar surface area (TPSA) is 80.4 Å². The van der Waals surface area contributed by atoms with Gasteiger partial charge in [-0.05, 0) is 31.4 Å². The molecule has 0 saturated heterocycles. The first kappa shape index (κ1) is 11.4. The number of rotatable bonds is 4. The van der Waals surface area contributed by atoms with Gasteiger partial charge in [-0.2, -0.15) is 0 Å². The van der Waals surface area contributed by atoms with E-state index in [9.17, 15) is 13.5 Å². The maximum Gasteiger partial charge on any atom is 0.182 e. The highest BCUT2D eigenvalue weighted by Gasteiger charge is 2.39. The van der Waals surface area contributed by atoms with Crippen molar-refractivity contribution < 1.29 is 13.5 Å². The molecule has 0 radical (unpaired) electrons. The Kier molecular flexibility index (Phi) is 2.67. The van der Waals surface area contributed by atoms with Gasteiger partial charge in [-0.25, -0.2) is 8.42 Å². The molecule has 2 rings (SSSR count). The third kappa shape index (κ3) is 2.36. The van der Waals surface area contributed by atoms with Crippen molar-refractivity contribution in [2.45, 2.75) is 29.7 Å². The summed E-state index contributed by atoms with van der Waals surface area (Å²) in [7, 11) is -3.41. The van der Waals surface area contributed by atoms with Crippen molar-refractivity contribution in [2.75, 3.05) is 5.75 Å². The van der Waals surface area contributed by atoms with Crippen LogP contribution in [-0.2, 0) is 9.84 Å². The van der Waals surface area contributed by atoms with Crippen molar-refractivity contribution >= 4 is 9.84 Å². The van der Waals surface area contributed by atoms with Crippen molar-refractivity contribution in [2.24, 2.45) is 5.73 Å². The molecule has 0 aliphatic heterocycles. The van der Waals surface area contributed by atoms with Gasteiger partial charge in [0.2, 0.25) is 0 Å². The second kappa shape index (κ2) is 3.75. The number of sulfone groups is 1. The predicted molar refractivity (Wildman–Crippen MR) is 60.9 cm³/mol. The van der Waals surface area contributed by atoms with Gasteiger partial charge in [-0.15, -0.1) is 0 Å². The summed E-state index contributed by atoms with van der Waals surface area (Å²) in [5.74, 6) is -0.189. The molecule has 0 aromatic heterocycles. The monoisotopic (exact) mass is 241 g/mol. The van der Waals surface area contributed by atoms with Crippen molar-refractivity contribution in [1.82, 2.24) is 0 Å². The molecule has 0 amide bonds. The van der Waals surface area contributed by atoms with Crippen molar-refractivity contribution in [3.8, 4) is 5.75 Å². The van der Waals surface area contributed by atoms with Crippen LogP contribution < -0.4 is 5.73 Å². The predicted octanol–water partition coefficient (Wildman–Crippen LogP) is 1.05. The zero-order valence-corrected chi connectivity index (χ0v) is 9.70. The molecule has 3 N–H and O–H groups in total. The molecule has 0 spiro atoms. The lowest BCUT2D eigenvalue weighted by Crippen LogP contribution is -2.25. The highest BCUT2D eigenvalue weighted by Crippen LogP contribution is 2.36. The molecule has 0 atom stereocenters. The van der Waals surface area contributed by atoms with Gasteiger partial charge in [-0.3, -0.25) is 0 Å². The van der Waals surface area contributed by atoms with Crippen LogP contribution in [0.25, 0.3) is 0 Å². The number of nitrogens with two attached hydrogens (primary N) is 1. The van der Waals surface area contributed by atoms with Crippen LogP contribution in [0.15, 0.2) is 29.2 Å². The molecule has 5 heteroatoms. The Morgan fingerprint density at radius 3 is 2.50 bits per heavy atom. The SMILES string of the molecule is NC1(CCS(=O)(=O)c2ccccc2O)CC1. The van der Waals surface area contributed by atoms with Crippen molar-refractivity contribution in [3.63, 3.8) is 0 Å². The quantitative estimate of drug-likeness (QED) is 0.825. The Morgan fingerprint density at radius 1 is 1.31 bits per heavy atom. The zero-order chi connectivity index (χ0) is 11.8. The van der Waals surface area contributed by atoms with E-state index in [1.807, 2.05) is 0 Å². The number of hydrogen-bond donors (Lipinski definition) is 2. The molecule has 88 valence electrons. The highest BCUT2D eigenvalue weighted by molar-refractivity contribution is 7.91. The van der Waals surface area contributed by atoms with Crippen LogP contribution >= 0.6 is 0 Å². The van der Waals surface area contributed by atoms with E-state index in [2.05, 4.69) is 0 Å². The molecule has 1 aliphatic rings. The Labute approximate surface area is 95.0 Å². The summed E-state index contributed by atoms with van der Waals surface area (Å²) in [5.41, 5.74) is 5.56. The number of aromatic hydroxyl groups is 1. The van der Waals surface area contributed by atoms with Crippen LogP contribution in [0.3, 0.4) is 0 Å². The average molecular weight is 241 g/mol. The molecular formula is C11H15NO3S. The van der Waals surface area contributed by atoms with Gasteiger partial charge in [0.15, 0.2) is 9.84 Å². The van der Waals surface area contributed by atoms with Gasteiger partial charge in [-0.1, -0.05) is 12.1 Å². The first-order valence-corrected chi connectivity index (χ1v) is 6.88. The number of hydrogen-bond acceptors (Lipinski definition) is 4. The second-order valence-electron chi connectivity index (χ2n) is 4.40. The van der Waals surface area contributed by atoms with Crippen LogP contribution in [0.2, 0.25) is 0 Å². The lowest BCUT2D eigenvalue weighted by Gasteiger charge is -2.09. The largest absolute Gasteiger partial charge is 0.507 e. The molecule has 0 heterocycles. The van der Waals surface area contributed by atoms with E-state index in [4.69, 9.17) is 5.73 Å². The number of benzene rings is 1. The molecule has 1 aliphatic carbocycles. The standard InChI is InChI=1S/C11H15NO3S/c12-11(5-6-11)7-8-16(14,15)10-4-2-1-3-9(10)13/h1-4,13H,5-8,12H2. The van der Waals surface area contributed by atoms with Gasteiger partial charge in [0.05, 0.1) is 5.75 Å². The molecule has 1 aromatic carbocycles. The van der Waals surface area contributed by atoms with Crippen LogP contribution in [0.1, 0.15) is 19.3 Å². The lowest BCUT2D eigenvalue weighted by atomic mass is 10.2. The minimum absolute atomic E-state index is 0.000694. The third-order valence-corrected chi connectivity index (χ3v) is 4.72. The summed E-state index contributed by atoms with van der Waals surface area (Å²) in [5, 5.41) is 9.48. The van der Waals surface area contributed by atoms with E-state index in [1.54, 1.807) is 12.1 Å². The highest BCUT2D eigenvalue weighted by atomic mass is 32.2. The smallest absolute Gasteiger partial charge is 0.182 e. The van der Waals surface area contributed by atoms with E-state index in [0.717, 1.165) is 12.8 Å². The summed E-state index contributed by atoms with van der Waals surface area (Å²) in [4.78, 5) is -0.000694. The molecule has 0 bridgehead atoms. The summed E-state index contributed by atoms with van der Waals surface area (Å²) in [6, 6.07) is 5.99. The lowest BCUT2D eigenvalue weighted by molar-refractivity contribution is 0.458. The molecule has 1 saturated carbocycles. The van der Waals surface area contributed by atoms with Crippen LogP contribution in [0.4, 0.5) is 0 Å². The van der Waals surface area contributed by atoms with Crippen LogP contribution in [0, 0.1) is 0 Å². The first-order chi connectivity index (χ1) is 7.43. The molecule has 4 nitrogen and oxygen atoms in total. The second-order valence-corrected chi connectivity index (χ2v) is 6.48. The maximum atomic E-state index is 11.9. The molecule has 1 aromatic rings. The van der Waals surface area contributed by atoms with Gasteiger partial charge >= 0.3 is 0 Å². The zero-order valence-electron chi connectivity index (χ0n) is 8.89. The average Bonchev–Trinajstić information content (AvgIpc) is 2.95. The van der Waals surface area contributed by atoms with E-state index >= 15 is 0 Å². The summed E-state index contributed by atoms with van der Waals surface area (Å²) in [6.07, 6.45) is 2.25. The fraction of sp³-hybridized carbons (Fsp3) is 0.455. The molecular weight excluding hydrogens is 226 g/mol. The molecule has 16 heavy (non-hydrogen) atoms. The fourth-order valence-electron chi connectivity index (χ4n) is 1.58. The van der Waals surface area contributed by atoms with Gasteiger partial charge in [0.25, 0.3) is 0 Å². The third-order valence-electron chi connectivity index (χ3n) is 2.96. The summed E-state index contributed by atoms with van der Waals surface area (Å²) < 4.78 is 23.8. The number of phenolic OH excluding ortho intramolecular Hbond substituents is 1. The van der Waals surface area contributed by atoms with Gasteiger partial charge in [0, 0.05) is 5.54 Å². The molecule has 1 fully saturated rings. The molecule has 0 unspecified atom stereocenters.